The lowest BCUT2D eigenvalue weighted by molar-refractivity contribution is -0.000764. The maximum Gasteiger partial charge on any atom is 0.140 e. The highest BCUT2D eigenvalue weighted by Crippen LogP contribution is 2.32. The van der Waals surface area contributed by atoms with Crippen LogP contribution in [0.25, 0.3) is 0 Å². The molecule has 4 nitrogen and oxygen atoms in total. The van der Waals surface area contributed by atoms with Gasteiger partial charge in [-0.05, 0) is 30.9 Å². The number of nitrogens with zero attached hydrogens (tertiary/aromatic N) is 2. The Morgan fingerprint density at radius 2 is 2.44 bits per heavy atom. The first-order valence-corrected chi connectivity index (χ1v) is 6.44. The van der Waals surface area contributed by atoms with E-state index in [1.165, 1.54) is 6.42 Å². The molecule has 0 saturated heterocycles. The van der Waals surface area contributed by atoms with Crippen LogP contribution >= 0.6 is 0 Å². The van der Waals surface area contributed by atoms with Gasteiger partial charge in [0.15, 0.2) is 0 Å². The Morgan fingerprint density at radius 3 is 3.06 bits per heavy atom. The average Bonchev–Trinajstić information content (AvgIpc) is 2.37. The van der Waals surface area contributed by atoms with Gasteiger partial charge in [-0.15, -0.1) is 0 Å². The number of nitriles is 1. The summed E-state index contributed by atoms with van der Waals surface area (Å²) >= 11 is 0. The van der Waals surface area contributed by atoms with Crippen LogP contribution in [0.3, 0.4) is 0 Å². The Kier molecular flexibility index (Phi) is 3.83. The van der Waals surface area contributed by atoms with Gasteiger partial charge in [-0.2, -0.15) is 5.26 Å². The van der Waals surface area contributed by atoms with E-state index in [4.69, 9.17) is 5.26 Å². The summed E-state index contributed by atoms with van der Waals surface area (Å²) in [6.45, 7) is 2.73. The third-order valence-corrected chi connectivity index (χ3v) is 3.57. The highest BCUT2D eigenvalue weighted by molar-refractivity contribution is 5.43. The number of anilines is 1. The third kappa shape index (κ3) is 3.21. The molecule has 0 aromatic carbocycles. The van der Waals surface area contributed by atoms with E-state index >= 15 is 0 Å². The molecule has 1 fully saturated rings. The summed E-state index contributed by atoms with van der Waals surface area (Å²) in [5.74, 6) is 0.588. The minimum atomic E-state index is -0.606. The monoisotopic (exact) mass is 245 g/mol. The van der Waals surface area contributed by atoms with Gasteiger partial charge in [-0.3, -0.25) is 0 Å². The summed E-state index contributed by atoms with van der Waals surface area (Å²) in [5.41, 5.74) is 0.650. The quantitative estimate of drug-likeness (QED) is 0.857. The van der Waals surface area contributed by atoms with Gasteiger partial charge >= 0.3 is 0 Å². The minimum absolute atomic E-state index is 0.408. The van der Waals surface area contributed by atoms with E-state index in [1.54, 1.807) is 12.3 Å². The SMILES string of the molecule is CC1CCCC(O)(CNc2ccc(C#N)nc2)C1. The zero-order chi connectivity index (χ0) is 13.0. The molecule has 2 unspecified atom stereocenters. The molecule has 0 aliphatic heterocycles. The van der Waals surface area contributed by atoms with Crippen LogP contribution < -0.4 is 5.32 Å². The summed E-state index contributed by atoms with van der Waals surface area (Å²) in [4.78, 5) is 3.99. The van der Waals surface area contributed by atoms with E-state index in [0.717, 1.165) is 24.9 Å². The first-order chi connectivity index (χ1) is 8.61. The van der Waals surface area contributed by atoms with Crippen LogP contribution in [0.15, 0.2) is 18.3 Å². The van der Waals surface area contributed by atoms with Gasteiger partial charge in [-0.1, -0.05) is 19.8 Å². The number of aliphatic hydroxyl groups is 1. The van der Waals surface area contributed by atoms with Crippen molar-refractivity contribution in [1.82, 2.24) is 4.98 Å². The molecule has 1 aromatic rings. The first-order valence-electron chi connectivity index (χ1n) is 6.44. The molecule has 2 rings (SSSR count). The highest BCUT2D eigenvalue weighted by atomic mass is 16.3. The Labute approximate surface area is 108 Å². The van der Waals surface area contributed by atoms with Gasteiger partial charge in [0.05, 0.1) is 17.5 Å². The first kappa shape index (κ1) is 12.8. The van der Waals surface area contributed by atoms with Crippen molar-refractivity contribution < 1.29 is 5.11 Å². The van der Waals surface area contributed by atoms with E-state index in [2.05, 4.69) is 17.2 Å². The standard InChI is InChI=1S/C14H19N3O/c1-11-3-2-6-14(18,7-11)10-17-13-5-4-12(8-15)16-9-13/h4-5,9,11,17-18H,2-3,6-7,10H2,1H3. The lowest BCUT2D eigenvalue weighted by atomic mass is 9.79. The molecule has 4 heteroatoms. The van der Waals surface area contributed by atoms with Gasteiger partial charge in [0.1, 0.15) is 11.8 Å². The molecule has 1 aromatic heterocycles. The lowest BCUT2D eigenvalue weighted by Gasteiger charge is -2.35. The van der Waals surface area contributed by atoms with E-state index in [9.17, 15) is 5.11 Å². The Hall–Kier alpha value is -1.60. The van der Waals surface area contributed by atoms with Gasteiger partial charge in [0.2, 0.25) is 0 Å². The summed E-state index contributed by atoms with van der Waals surface area (Å²) in [7, 11) is 0. The largest absolute Gasteiger partial charge is 0.388 e. The van der Waals surface area contributed by atoms with Crippen molar-refractivity contribution >= 4 is 5.69 Å². The second-order valence-corrected chi connectivity index (χ2v) is 5.32. The van der Waals surface area contributed by atoms with Crippen LogP contribution in [0.4, 0.5) is 5.69 Å². The molecule has 1 saturated carbocycles. The molecule has 0 bridgehead atoms. The fourth-order valence-electron chi connectivity index (χ4n) is 2.62. The van der Waals surface area contributed by atoms with Crippen molar-refractivity contribution in [3.63, 3.8) is 0 Å². The molecule has 96 valence electrons. The van der Waals surface area contributed by atoms with Gasteiger partial charge in [0, 0.05) is 6.54 Å². The van der Waals surface area contributed by atoms with E-state index in [0.29, 0.717) is 18.2 Å². The van der Waals surface area contributed by atoms with Crippen molar-refractivity contribution in [2.24, 2.45) is 5.92 Å². The summed E-state index contributed by atoms with van der Waals surface area (Å²) in [5, 5.41) is 22.3. The van der Waals surface area contributed by atoms with Crippen molar-refractivity contribution in [1.29, 1.82) is 5.26 Å². The van der Waals surface area contributed by atoms with Gasteiger partial charge in [0.25, 0.3) is 0 Å². The van der Waals surface area contributed by atoms with Gasteiger partial charge < -0.3 is 10.4 Å². The second kappa shape index (κ2) is 5.36. The van der Waals surface area contributed by atoms with Crippen LogP contribution in [0, 0.1) is 17.2 Å². The zero-order valence-corrected chi connectivity index (χ0v) is 10.7. The normalized spacial score (nSPS) is 27.5. The smallest absolute Gasteiger partial charge is 0.140 e. The van der Waals surface area contributed by atoms with Crippen LogP contribution in [0.1, 0.15) is 38.3 Å². The molecule has 0 radical (unpaired) electrons. The second-order valence-electron chi connectivity index (χ2n) is 5.32. The number of rotatable bonds is 3. The fourth-order valence-corrected chi connectivity index (χ4v) is 2.62. The van der Waals surface area contributed by atoms with E-state index in [-0.39, 0.29) is 0 Å². The number of hydrogen-bond donors (Lipinski definition) is 2. The zero-order valence-electron chi connectivity index (χ0n) is 10.7. The summed E-state index contributed by atoms with van der Waals surface area (Å²) in [6, 6.07) is 5.48. The number of hydrogen-bond acceptors (Lipinski definition) is 4. The Balaban J connectivity index is 1.92. The Bertz CT molecular complexity index is 437. The topological polar surface area (TPSA) is 68.9 Å². The summed E-state index contributed by atoms with van der Waals surface area (Å²) in [6.07, 6.45) is 5.64. The molecular formula is C14H19N3O. The van der Waals surface area contributed by atoms with Crippen LogP contribution in [0.5, 0.6) is 0 Å². The van der Waals surface area contributed by atoms with Gasteiger partial charge in [-0.25, -0.2) is 4.98 Å². The predicted molar refractivity (Wildman–Crippen MR) is 70.0 cm³/mol. The van der Waals surface area contributed by atoms with Crippen molar-refractivity contribution in [3.8, 4) is 6.07 Å². The molecule has 0 spiro atoms. The minimum Gasteiger partial charge on any atom is -0.388 e. The molecular weight excluding hydrogens is 226 g/mol. The predicted octanol–water partition coefficient (Wildman–Crippen LogP) is 2.31. The highest BCUT2D eigenvalue weighted by Gasteiger charge is 2.32. The van der Waals surface area contributed by atoms with E-state index in [1.807, 2.05) is 12.1 Å². The van der Waals surface area contributed by atoms with Crippen molar-refractivity contribution in [2.75, 3.05) is 11.9 Å². The fraction of sp³-hybridized carbons (Fsp3) is 0.571. The maximum atomic E-state index is 10.5. The molecule has 1 heterocycles. The summed E-state index contributed by atoms with van der Waals surface area (Å²) < 4.78 is 0. The molecule has 2 N–H and O–H groups in total. The number of pyridine rings is 1. The molecule has 0 amide bonds. The average molecular weight is 245 g/mol. The van der Waals surface area contributed by atoms with Crippen LogP contribution in [-0.4, -0.2) is 22.2 Å². The molecule has 2 atom stereocenters. The number of aromatic nitrogens is 1. The molecule has 18 heavy (non-hydrogen) atoms. The molecule has 1 aliphatic carbocycles. The lowest BCUT2D eigenvalue weighted by Crippen LogP contribution is -2.41. The third-order valence-electron chi connectivity index (χ3n) is 3.57. The maximum absolute atomic E-state index is 10.5. The Morgan fingerprint density at radius 1 is 1.61 bits per heavy atom. The van der Waals surface area contributed by atoms with Crippen LogP contribution in [-0.2, 0) is 0 Å². The number of nitrogens with one attached hydrogen (secondary N) is 1. The van der Waals surface area contributed by atoms with E-state index < -0.39 is 5.60 Å². The van der Waals surface area contributed by atoms with Crippen molar-refractivity contribution in [2.45, 2.75) is 38.2 Å². The van der Waals surface area contributed by atoms with Crippen molar-refractivity contribution in [3.05, 3.63) is 24.0 Å². The van der Waals surface area contributed by atoms with Crippen LogP contribution in [0.2, 0.25) is 0 Å². The molecule has 1 aliphatic rings.